The first-order valence-corrected chi connectivity index (χ1v) is 8.66. The first kappa shape index (κ1) is 16.9. The maximum atomic E-state index is 13.3. The van der Waals surface area contributed by atoms with E-state index in [0.29, 0.717) is 19.8 Å². The number of fused-ring (bicyclic) bond motifs is 1. The summed E-state index contributed by atoms with van der Waals surface area (Å²) in [5.41, 5.74) is 1.85. The number of anilines is 1. The van der Waals surface area contributed by atoms with Crippen LogP contribution >= 0.6 is 0 Å². The number of hydrogen-bond donors (Lipinski definition) is 1. The number of morpholine rings is 1. The van der Waals surface area contributed by atoms with Crippen LogP contribution in [0.25, 0.3) is 11.0 Å². The quantitative estimate of drug-likeness (QED) is 0.754. The van der Waals surface area contributed by atoms with E-state index in [1.54, 1.807) is 10.9 Å². The number of rotatable bonds is 5. The van der Waals surface area contributed by atoms with Gasteiger partial charge < -0.3 is 10.1 Å². The lowest BCUT2D eigenvalue weighted by molar-refractivity contribution is 0.0187. The van der Waals surface area contributed by atoms with Crippen LogP contribution in [0.4, 0.5) is 10.2 Å². The average Bonchev–Trinajstić information content (AvgIpc) is 3.06. The Morgan fingerprint density at radius 2 is 1.96 bits per heavy atom. The number of halogens is 1. The van der Waals surface area contributed by atoms with Crippen molar-refractivity contribution in [2.75, 3.05) is 38.2 Å². The van der Waals surface area contributed by atoms with Gasteiger partial charge in [-0.1, -0.05) is 12.1 Å². The van der Waals surface area contributed by atoms with Gasteiger partial charge in [0.15, 0.2) is 5.65 Å². The van der Waals surface area contributed by atoms with E-state index in [0.717, 1.165) is 35.5 Å². The molecule has 136 valence electrons. The van der Waals surface area contributed by atoms with Gasteiger partial charge in [-0.15, -0.1) is 0 Å². The van der Waals surface area contributed by atoms with Crippen molar-refractivity contribution in [1.29, 1.82) is 0 Å². The summed E-state index contributed by atoms with van der Waals surface area (Å²) in [5, 5.41) is 8.56. The Kier molecular flexibility index (Phi) is 4.77. The first-order valence-electron chi connectivity index (χ1n) is 8.66. The lowest BCUT2D eigenvalue weighted by Gasteiger charge is -2.35. The highest BCUT2D eigenvalue weighted by atomic mass is 19.1. The molecule has 26 heavy (non-hydrogen) atoms. The summed E-state index contributed by atoms with van der Waals surface area (Å²) < 4.78 is 20.5. The zero-order chi connectivity index (χ0) is 17.9. The standard InChI is InChI=1S/C18H21FN6O/c1-24-18-15(10-23-24)17(21-12-22-18)20-11-16(25-6-8-26-9-7-25)13-2-4-14(19)5-3-13/h2-5,10,12,16H,6-9,11H2,1H3,(H,20,21,22)/t16-/m0/s1. The summed E-state index contributed by atoms with van der Waals surface area (Å²) in [6.07, 6.45) is 3.30. The smallest absolute Gasteiger partial charge is 0.163 e. The normalized spacial score (nSPS) is 16.7. The van der Waals surface area contributed by atoms with E-state index in [2.05, 4.69) is 25.3 Å². The highest BCUT2D eigenvalue weighted by Gasteiger charge is 2.23. The van der Waals surface area contributed by atoms with Crippen LogP contribution in [0, 0.1) is 5.82 Å². The van der Waals surface area contributed by atoms with Crippen molar-refractivity contribution >= 4 is 16.9 Å². The van der Waals surface area contributed by atoms with Crippen molar-refractivity contribution in [2.24, 2.45) is 7.05 Å². The molecular formula is C18H21FN6O. The third kappa shape index (κ3) is 3.38. The Hall–Kier alpha value is -2.58. The van der Waals surface area contributed by atoms with E-state index in [4.69, 9.17) is 4.74 Å². The van der Waals surface area contributed by atoms with Gasteiger partial charge in [0.2, 0.25) is 0 Å². The predicted octanol–water partition coefficient (Wildman–Crippen LogP) is 1.99. The monoisotopic (exact) mass is 356 g/mol. The molecule has 7 nitrogen and oxygen atoms in total. The maximum absolute atomic E-state index is 13.3. The van der Waals surface area contributed by atoms with Crippen LogP contribution in [0.1, 0.15) is 11.6 Å². The largest absolute Gasteiger partial charge is 0.379 e. The van der Waals surface area contributed by atoms with Crippen molar-refractivity contribution in [3.8, 4) is 0 Å². The topological polar surface area (TPSA) is 68.1 Å². The van der Waals surface area contributed by atoms with Crippen LogP contribution in [0.3, 0.4) is 0 Å². The van der Waals surface area contributed by atoms with Crippen LogP contribution in [-0.4, -0.2) is 57.5 Å². The molecule has 1 fully saturated rings. The fraction of sp³-hybridized carbons (Fsp3) is 0.389. The molecule has 0 unspecified atom stereocenters. The summed E-state index contributed by atoms with van der Waals surface area (Å²) in [4.78, 5) is 11.0. The summed E-state index contributed by atoms with van der Waals surface area (Å²) in [5.74, 6) is 0.527. The Bertz CT molecular complexity index is 875. The van der Waals surface area contributed by atoms with E-state index < -0.39 is 0 Å². The van der Waals surface area contributed by atoms with Crippen LogP contribution < -0.4 is 5.32 Å². The minimum Gasteiger partial charge on any atom is -0.379 e. The van der Waals surface area contributed by atoms with Gasteiger partial charge in [0.05, 0.1) is 30.8 Å². The highest BCUT2D eigenvalue weighted by molar-refractivity contribution is 5.85. The number of ether oxygens (including phenoxy) is 1. The molecule has 1 aromatic carbocycles. The Morgan fingerprint density at radius 1 is 1.19 bits per heavy atom. The molecule has 3 aromatic rings. The van der Waals surface area contributed by atoms with Crippen molar-refractivity contribution in [1.82, 2.24) is 24.6 Å². The molecule has 2 aromatic heterocycles. The molecule has 1 N–H and O–H groups in total. The van der Waals surface area contributed by atoms with E-state index in [9.17, 15) is 4.39 Å². The number of nitrogens with zero attached hydrogens (tertiary/aromatic N) is 5. The number of aromatic nitrogens is 4. The Balaban J connectivity index is 1.58. The van der Waals surface area contributed by atoms with Crippen LogP contribution in [-0.2, 0) is 11.8 Å². The summed E-state index contributed by atoms with van der Waals surface area (Å²) >= 11 is 0. The van der Waals surface area contributed by atoms with Gasteiger partial charge in [0.25, 0.3) is 0 Å². The van der Waals surface area contributed by atoms with Crippen LogP contribution in [0.2, 0.25) is 0 Å². The lowest BCUT2D eigenvalue weighted by atomic mass is 10.0. The molecule has 8 heteroatoms. The van der Waals surface area contributed by atoms with Crippen molar-refractivity contribution in [3.05, 3.63) is 48.2 Å². The second-order valence-electron chi connectivity index (χ2n) is 6.32. The molecule has 0 bridgehead atoms. The van der Waals surface area contributed by atoms with Crippen LogP contribution in [0.15, 0.2) is 36.8 Å². The molecule has 0 aliphatic carbocycles. The molecule has 0 saturated carbocycles. The van der Waals surface area contributed by atoms with Crippen LogP contribution in [0.5, 0.6) is 0 Å². The lowest BCUT2D eigenvalue weighted by Crippen LogP contribution is -2.41. The van der Waals surface area contributed by atoms with Gasteiger partial charge in [-0.2, -0.15) is 5.10 Å². The maximum Gasteiger partial charge on any atom is 0.163 e. The number of benzene rings is 1. The highest BCUT2D eigenvalue weighted by Crippen LogP contribution is 2.24. The average molecular weight is 356 g/mol. The molecular weight excluding hydrogens is 335 g/mol. The molecule has 1 aliphatic rings. The Morgan fingerprint density at radius 3 is 2.73 bits per heavy atom. The van der Waals surface area contributed by atoms with Gasteiger partial charge in [-0.3, -0.25) is 9.58 Å². The Labute approximate surface area is 150 Å². The van der Waals surface area contributed by atoms with Crippen molar-refractivity contribution in [2.45, 2.75) is 6.04 Å². The number of hydrogen-bond acceptors (Lipinski definition) is 6. The van der Waals surface area contributed by atoms with E-state index in [-0.39, 0.29) is 11.9 Å². The molecule has 3 heterocycles. The SMILES string of the molecule is Cn1ncc2c(NC[C@@H](c3ccc(F)cc3)N3CCOCC3)ncnc21. The molecule has 0 spiro atoms. The molecule has 0 amide bonds. The second kappa shape index (κ2) is 7.35. The van der Waals surface area contributed by atoms with Crippen molar-refractivity contribution < 1.29 is 9.13 Å². The van der Waals surface area contributed by atoms with Gasteiger partial charge in [-0.05, 0) is 17.7 Å². The zero-order valence-electron chi connectivity index (χ0n) is 14.6. The number of aryl methyl sites for hydroxylation is 1. The van der Waals surface area contributed by atoms with Gasteiger partial charge in [0, 0.05) is 26.7 Å². The van der Waals surface area contributed by atoms with E-state index >= 15 is 0 Å². The second-order valence-corrected chi connectivity index (χ2v) is 6.32. The van der Waals surface area contributed by atoms with E-state index in [1.165, 1.54) is 18.5 Å². The van der Waals surface area contributed by atoms with Gasteiger partial charge >= 0.3 is 0 Å². The fourth-order valence-electron chi connectivity index (χ4n) is 3.33. The minimum atomic E-state index is -0.227. The molecule has 4 rings (SSSR count). The molecule has 1 aliphatic heterocycles. The third-order valence-electron chi connectivity index (χ3n) is 4.73. The van der Waals surface area contributed by atoms with Gasteiger partial charge in [0.1, 0.15) is 18.0 Å². The molecule has 1 atom stereocenters. The fourth-order valence-corrected chi connectivity index (χ4v) is 3.33. The summed E-state index contributed by atoms with van der Waals surface area (Å²) in [6.45, 7) is 3.74. The minimum absolute atomic E-state index is 0.0983. The molecule has 0 radical (unpaired) electrons. The zero-order valence-corrected chi connectivity index (χ0v) is 14.6. The van der Waals surface area contributed by atoms with E-state index in [1.807, 2.05) is 19.2 Å². The van der Waals surface area contributed by atoms with Crippen molar-refractivity contribution in [3.63, 3.8) is 0 Å². The van der Waals surface area contributed by atoms with Gasteiger partial charge in [-0.25, -0.2) is 14.4 Å². The predicted molar refractivity (Wildman–Crippen MR) is 96.3 cm³/mol. The third-order valence-corrected chi connectivity index (χ3v) is 4.73. The summed E-state index contributed by atoms with van der Waals surface area (Å²) in [6, 6.07) is 6.80. The number of nitrogens with one attached hydrogen (secondary N) is 1. The first-order chi connectivity index (χ1) is 12.7. The summed E-state index contributed by atoms with van der Waals surface area (Å²) in [7, 11) is 1.86. The molecule has 1 saturated heterocycles.